The van der Waals surface area contributed by atoms with E-state index >= 15 is 0 Å². The van der Waals surface area contributed by atoms with Gasteiger partial charge in [0.15, 0.2) is 5.13 Å². The van der Waals surface area contributed by atoms with Crippen LogP contribution in [0.3, 0.4) is 0 Å². The number of carbonyl (C=O) groups excluding carboxylic acids is 1. The van der Waals surface area contributed by atoms with Gasteiger partial charge in [-0.15, -0.1) is 11.3 Å². The maximum atomic E-state index is 12.6. The SMILES string of the molecule is C=CC(=O)N(c1ccc(OCCC(C)C)cc1)c1nc(-c2ccc(OC)cc2)cs1. The Bertz CT molecular complexity index is 978. The van der Waals surface area contributed by atoms with E-state index in [9.17, 15) is 4.79 Å². The molecule has 5 nitrogen and oxygen atoms in total. The summed E-state index contributed by atoms with van der Waals surface area (Å²) in [5.74, 6) is 1.92. The highest BCUT2D eigenvalue weighted by atomic mass is 32.1. The molecular formula is C24H26N2O3S. The van der Waals surface area contributed by atoms with E-state index in [2.05, 4.69) is 25.4 Å². The van der Waals surface area contributed by atoms with Gasteiger partial charge in [0.1, 0.15) is 11.5 Å². The minimum absolute atomic E-state index is 0.237. The zero-order valence-corrected chi connectivity index (χ0v) is 18.3. The molecule has 0 atom stereocenters. The third kappa shape index (κ3) is 5.27. The highest BCUT2D eigenvalue weighted by molar-refractivity contribution is 7.14. The fourth-order valence-electron chi connectivity index (χ4n) is 2.79. The summed E-state index contributed by atoms with van der Waals surface area (Å²) in [6.07, 6.45) is 2.29. The van der Waals surface area contributed by atoms with E-state index in [4.69, 9.17) is 9.47 Å². The van der Waals surface area contributed by atoms with Crippen molar-refractivity contribution in [2.45, 2.75) is 20.3 Å². The van der Waals surface area contributed by atoms with Crippen LogP contribution in [0, 0.1) is 5.92 Å². The van der Waals surface area contributed by atoms with Crippen molar-refractivity contribution in [2.75, 3.05) is 18.6 Å². The van der Waals surface area contributed by atoms with Gasteiger partial charge in [0, 0.05) is 10.9 Å². The molecule has 0 saturated carbocycles. The number of benzene rings is 2. The van der Waals surface area contributed by atoms with Gasteiger partial charge < -0.3 is 9.47 Å². The molecule has 3 aromatic rings. The van der Waals surface area contributed by atoms with Crippen molar-refractivity contribution in [2.24, 2.45) is 5.92 Å². The first-order valence-electron chi connectivity index (χ1n) is 9.81. The summed E-state index contributed by atoms with van der Waals surface area (Å²) in [6, 6.07) is 15.1. The van der Waals surface area contributed by atoms with Crippen molar-refractivity contribution < 1.29 is 14.3 Å². The van der Waals surface area contributed by atoms with E-state index in [0.29, 0.717) is 23.3 Å². The Morgan fingerprint density at radius 1 is 1.13 bits per heavy atom. The number of hydrogen-bond donors (Lipinski definition) is 0. The summed E-state index contributed by atoms with van der Waals surface area (Å²) in [6.45, 7) is 8.64. The third-order valence-electron chi connectivity index (χ3n) is 4.52. The van der Waals surface area contributed by atoms with E-state index < -0.39 is 0 Å². The van der Waals surface area contributed by atoms with Crippen molar-refractivity contribution in [1.29, 1.82) is 0 Å². The highest BCUT2D eigenvalue weighted by Crippen LogP contribution is 2.33. The smallest absolute Gasteiger partial charge is 0.256 e. The number of thiazole rings is 1. The fraction of sp³-hybridized carbons (Fsp3) is 0.250. The molecule has 1 amide bonds. The number of methoxy groups -OCH3 is 1. The number of hydrogen-bond acceptors (Lipinski definition) is 5. The highest BCUT2D eigenvalue weighted by Gasteiger charge is 2.19. The normalized spacial score (nSPS) is 10.7. The second-order valence-electron chi connectivity index (χ2n) is 7.15. The molecule has 0 fully saturated rings. The summed E-state index contributed by atoms with van der Waals surface area (Å²) < 4.78 is 11.0. The predicted octanol–water partition coefficient (Wildman–Crippen LogP) is 6.09. The van der Waals surface area contributed by atoms with E-state index in [-0.39, 0.29) is 5.91 Å². The van der Waals surface area contributed by atoms with Gasteiger partial charge in [-0.25, -0.2) is 4.98 Å². The molecule has 6 heteroatoms. The Morgan fingerprint density at radius 2 is 1.80 bits per heavy atom. The summed E-state index contributed by atoms with van der Waals surface area (Å²) >= 11 is 1.41. The van der Waals surface area contributed by atoms with Gasteiger partial charge in [-0.2, -0.15) is 0 Å². The molecule has 0 spiro atoms. The molecule has 156 valence electrons. The number of carbonyl (C=O) groups is 1. The van der Waals surface area contributed by atoms with E-state index in [1.54, 1.807) is 12.0 Å². The average molecular weight is 423 g/mol. The van der Waals surface area contributed by atoms with Crippen LogP contribution in [-0.4, -0.2) is 24.6 Å². The Labute approximate surface area is 181 Å². The molecule has 0 aliphatic rings. The summed E-state index contributed by atoms with van der Waals surface area (Å²) in [5, 5.41) is 2.52. The zero-order chi connectivity index (χ0) is 21.5. The van der Waals surface area contributed by atoms with Gasteiger partial charge in [-0.1, -0.05) is 20.4 Å². The van der Waals surface area contributed by atoms with Gasteiger partial charge in [-0.3, -0.25) is 9.69 Å². The first kappa shape index (κ1) is 21.6. The van der Waals surface area contributed by atoms with Gasteiger partial charge in [-0.05, 0) is 66.9 Å². The first-order valence-corrected chi connectivity index (χ1v) is 10.7. The van der Waals surface area contributed by atoms with Crippen LogP contribution in [0.2, 0.25) is 0 Å². The van der Waals surface area contributed by atoms with Crippen LogP contribution in [0.15, 0.2) is 66.6 Å². The largest absolute Gasteiger partial charge is 0.497 e. The van der Waals surface area contributed by atoms with Crippen LogP contribution in [-0.2, 0) is 4.79 Å². The number of aromatic nitrogens is 1. The third-order valence-corrected chi connectivity index (χ3v) is 5.35. The second kappa shape index (κ2) is 10.1. The second-order valence-corrected chi connectivity index (χ2v) is 7.98. The summed E-state index contributed by atoms with van der Waals surface area (Å²) in [4.78, 5) is 18.8. The zero-order valence-electron chi connectivity index (χ0n) is 17.5. The Hall–Kier alpha value is -3.12. The predicted molar refractivity (Wildman–Crippen MR) is 123 cm³/mol. The van der Waals surface area contributed by atoms with Crippen molar-refractivity contribution in [1.82, 2.24) is 4.98 Å². The van der Waals surface area contributed by atoms with Crippen LogP contribution < -0.4 is 14.4 Å². The fourth-order valence-corrected chi connectivity index (χ4v) is 3.65. The lowest BCUT2D eigenvalue weighted by molar-refractivity contribution is -0.113. The number of rotatable bonds is 9. The minimum atomic E-state index is -0.237. The topological polar surface area (TPSA) is 51.7 Å². The molecule has 0 unspecified atom stereocenters. The van der Waals surface area contributed by atoms with Gasteiger partial charge in [0.05, 0.1) is 25.1 Å². The molecule has 0 bridgehead atoms. The van der Waals surface area contributed by atoms with E-state index in [1.165, 1.54) is 17.4 Å². The molecule has 1 aromatic heterocycles. The monoisotopic (exact) mass is 422 g/mol. The lowest BCUT2D eigenvalue weighted by Crippen LogP contribution is -2.23. The lowest BCUT2D eigenvalue weighted by atomic mass is 10.1. The molecular weight excluding hydrogens is 396 g/mol. The molecule has 1 heterocycles. The molecule has 0 radical (unpaired) electrons. The van der Waals surface area contributed by atoms with Crippen LogP contribution in [0.25, 0.3) is 11.3 Å². The van der Waals surface area contributed by atoms with Crippen LogP contribution in [0.1, 0.15) is 20.3 Å². The Balaban J connectivity index is 1.82. The number of ether oxygens (including phenoxy) is 2. The molecule has 2 aromatic carbocycles. The minimum Gasteiger partial charge on any atom is -0.497 e. The molecule has 0 N–H and O–H groups in total. The van der Waals surface area contributed by atoms with Crippen molar-refractivity contribution >= 4 is 28.1 Å². The molecule has 30 heavy (non-hydrogen) atoms. The first-order chi connectivity index (χ1) is 14.5. The Kier molecular flexibility index (Phi) is 7.25. The molecule has 3 rings (SSSR count). The maximum absolute atomic E-state index is 12.6. The number of amides is 1. The average Bonchev–Trinajstić information content (AvgIpc) is 3.24. The summed E-state index contributed by atoms with van der Waals surface area (Å²) in [7, 11) is 1.63. The molecule has 0 aliphatic heterocycles. The molecule has 0 aliphatic carbocycles. The van der Waals surface area contributed by atoms with E-state index in [1.807, 2.05) is 53.9 Å². The maximum Gasteiger partial charge on any atom is 0.256 e. The van der Waals surface area contributed by atoms with Crippen molar-refractivity contribution in [3.63, 3.8) is 0 Å². The van der Waals surface area contributed by atoms with Crippen molar-refractivity contribution in [3.05, 3.63) is 66.6 Å². The Morgan fingerprint density at radius 3 is 2.40 bits per heavy atom. The summed E-state index contributed by atoms with van der Waals surface area (Å²) in [5.41, 5.74) is 2.47. The van der Waals surface area contributed by atoms with Crippen LogP contribution in [0.5, 0.6) is 11.5 Å². The van der Waals surface area contributed by atoms with Gasteiger partial charge in [0.25, 0.3) is 5.91 Å². The number of anilines is 2. The van der Waals surface area contributed by atoms with Gasteiger partial charge in [0.2, 0.25) is 0 Å². The lowest BCUT2D eigenvalue weighted by Gasteiger charge is -2.18. The van der Waals surface area contributed by atoms with Gasteiger partial charge >= 0.3 is 0 Å². The molecule has 0 saturated heterocycles. The van der Waals surface area contributed by atoms with Crippen LogP contribution in [0.4, 0.5) is 10.8 Å². The number of nitrogens with zero attached hydrogens (tertiary/aromatic N) is 2. The van der Waals surface area contributed by atoms with E-state index in [0.717, 1.165) is 29.2 Å². The van der Waals surface area contributed by atoms with Crippen molar-refractivity contribution in [3.8, 4) is 22.8 Å². The van der Waals surface area contributed by atoms with Crippen LogP contribution >= 0.6 is 11.3 Å². The standard InChI is InChI=1S/C24H26N2O3S/c1-5-23(27)26(19-8-12-21(13-9-19)29-15-14-17(2)3)24-25-22(16-30-24)18-6-10-20(28-4)11-7-18/h5-13,16-17H,1,14-15H2,2-4H3. The quantitative estimate of drug-likeness (QED) is 0.391.